The van der Waals surface area contributed by atoms with E-state index >= 15 is 0 Å². The van der Waals surface area contributed by atoms with Crippen molar-refractivity contribution in [3.8, 4) is 11.5 Å². The van der Waals surface area contributed by atoms with Gasteiger partial charge in [-0.1, -0.05) is 25.1 Å². The molecule has 0 amide bonds. The third kappa shape index (κ3) is 3.92. The Labute approximate surface area is 120 Å². The number of nitrogens with one attached hydrogen (secondary N) is 1. The summed E-state index contributed by atoms with van der Waals surface area (Å²) in [6, 6.07) is 15.3. The van der Waals surface area contributed by atoms with Crippen LogP contribution >= 0.6 is 0 Å². The molecule has 2 N–H and O–H groups in total. The molecule has 0 bridgehead atoms. The van der Waals surface area contributed by atoms with Crippen molar-refractivity contribution in [1.29, 1.82) is 0 Å². The quantitative estimate of drug-likeness (QED) is 0.820. The minimum atomic E-state index is 0.114. The largest absolute Gasteiger partial charge is 0.508 e. The minimum Gasteiger partial charge on any atom is -0.508 e. The zero-order chi connectivity index (χ0) is 14.4. The molecule has 0 heterocycles. The zero-order valence-electron chi connectivity index (χ0n) is 12.0. The van der Waals surface area contributed by atoms with Crippen molar-refractivity contribution >= 4 is 5.69 Å². The molecule has 20 heavy (non-hydrogen) atoms. The van der Waals surface area contributed by atoms with Gasteiger partial charge in [-0.15, -0.1) is 0 Å². The predicted molar refractivity (Wildman–Crippen MR) is 82.4 cm³/mol. The van der Waals surface area contributed by atoms with E-state index in [-0.39, 0.29) is 11.8 Å². The fraction of sp³-hybridized carbons (Fsp3) is 0.294. The van der Waals surface area contributed by atoms with Crippen molar-refractivity contribution in [3.63, 3.8) is 0 Å². The first-order chi connectivity index (χ1) is 9.69. The summed E-state index contributed by atoms with van der Waals surface area (Å²) in [6.07, 6.45) is 0.997. The molecule has 0 aliphatic heterocycles. The Bertz CT molecular complexity index is 554. The third-order valence-corrected chi connectivity index (χ3v) is 3.06. The van der Waals surface area contributed by atoms with E-state index in [1.165, 1.54) is 0 Å². The molecular weight excluding hydrogens is 250 g/mol. The second kappa shape index (κ2) is 6.85. The second-order valence-electron chi connectivity index (χ2n) is 4.84. The second-order valence-corrected chi connectivity index (χ2v) is 4.84. The Hall–Kier alpha value is -2.16. The van der Waals surface area contributed by atoms with E-state index in [0.717, 1.165) is 30.0 Å². The number of hydrogen-bond donors (Lipinski definition) is 2. The van der Waals surface area contributed by atoms with E-state index in [0.29, 0.717) is 0 Å². The van der Waals surface area contributed by atoms with E-state index in [1.807, 2.05) is 36.4 Å². The summed E-state index contributed by atoms with van der Waals surface area (Å²) in [5, 5.41) is 12.9. The van der Waals surface area contributed by atoms with Gasteiger partial charge in [0.25, 0.3) is 0 Å². The smallest absolute Gasteiger partial charge is 0.121 e. The topological polar surface area (TPSA) is 41.5 Å². The molecule has 0 fully saturated rings. The number of phenolic OH excluding ortho intramolecular Hbond substituents is 1. The van der Waals surface area contributed by atoms with Crippen LogP contribution in [0.1, 0.15) is 31.9 Å². The molecular formula is C17H21NO2. The average molecular weight is 271 g/mol. The Morgan fingerprint density at radius 2 is 1.95 bits per heavy atom. The molecule has 2 aromatic rings. The van der Waals surface area contributed by atoms with Crippen LogP contribution in [0.3, 0.4) is 0 Å². The molecule has 0 saturated carbocycles. The number of phenols is 1. The first kappa shape index (κ1) is 14.3. The monoisotopic (exact) mass is 271 g/mol. The van der Waals surface area contributed by atoms with E-state index in [2.05, 4.69) is 19.2 Å². The number of rotatable bonds is 6. The summed E-state index contributed by atoms with van der Waals surface area (Å²) in [5.41, 5.74) is 2.05. The van der Waals surface area contributed by atoms with Crippen LogP contribution in [0.5, 0.6) is 11.5 Å². The van der Waals surface area contributed by atoms with Gasteiger partial charge in [0.05, 0.1) is 6.61 Å². The number of hydrogen-bond acceptors (Lipinski definition) is 3. The van der Waals surface area contributed by atoms with Crippen molar-refractivity contribution in [2.45, 2.75) is 26.3 Å². The fourth-order valence-electron chi connectivity index (χ4n) is 2.02. The maximum atomic E-state index is 9.52. The van der Waals surface area contributed by atoms with E-state index in [1.54, 1.807) is 12.1 Å². The number of ether oxygens (including phenoxy) is 1. The van der Waals surface area contributed by atoms with Crippen LogP contribution in [0, 0.1) is 0 Å². The minimum absolute atomic E-state index is 0.114. The molecule has 0 aromatic heterocycles. The van der Waals surface area contributed by atoms with Gasteiger partial charge < -0.3 is 15.2 Å². The summed E-state index contributed by atoms with van der Waals surface area (Å²) >= 11 is 0. The molecule has 0 aliphatic rings. The molecule has 2 aromatic carbocycles. The Morgan fingerprint density at radius 3 is 2.70 bits per heavy atom. The van der Waals surface area contributed by atoms with Gasteiger partial charge in [-0.25, -0.2) is 0 Å². The maximum absolute atomic E-state index is 9.52. The van der Waals surface area contributed by atoms with Crippen molar-refractivity contribution in [1.82, 2.24) is 0 Å². The van der Waals surface area contributed by atoms with Gasteiger partial charge in [-0.2, -0.15) is 0 Å². The van der Waals surface area contributed by atoms with E-state index in [4.69, 9.17) is 4.74 Å². The molecule has 0 spiro atoms. The lowest BCUT2D eigenvalue weighted by molar-refractivity contribution is 0.317. The van der Waals surface area contributed by atoms with Gasteiger partial charge in [0.15, 0.2) is 0 Å². The lowest BCUT2D eigenvalue weighted by Gasteiger charge is -2.16. The SMILES string of the molecule is CCCOc1cccc(NC(C)c2cccc(O)c2)c1. The summed E-state index contributed by atoms with van der Waals surface area (Å²) in [5.74, 6) is 1.16. The number of anilines is 1. The van der Waals surface area contributed by atoms with Gasteiger partial charge in [0, 0.05) is 17.8 Å². The third-order valence-electron chi connectivity index (χ3n) is 3.06. The summed E-state index contributed by atoms with van der Waals surface area (Å²) < 4.78 is 5.62. The molecule has 0 saturated heterocycles. The van der Waals surface area contributed by atoms with Gasteiger partial charge in [0.2, 0.25) is 0 Å². The van der Waals surface area contributed by atoms with Crippen LogP contribution in [-0.4, -0.2) is 11.7 Å². The van der Waals surface area contributed by atoms with Crippen LogP contribution in [0.25, 0.3) is 0 Å². The Kier molecular flexibility index (Phi) is 4.88. The maximum Gasteiger partial charge on any atom is 0.121 e. The standard InChI is InChI=1S/C17H21NO2/c1-3-10-20-17-9-5-7-15(12-17)18-13(2)14-6-4-8-16(19)11-14/h4-9,11-13,18-19H,3,10H2,1-2H3. The van der Waals surface area contributed by atoms with Crippen LogP contribution in [-0.2, 0) is 0 Å². The fourth-order valence-corrected chi connectivity index (χ4v) is 2.02. The lowest BCUT2D eigenvalue weighted by Crippen LogP contribution is -2.06. The number of benzene rings is 2. The van der Waals surface area contributed by atoms with Crippen molar-refractivity contribution < 1.29 is 9.84 Å². The van der Waals surface area contributed by atoms with E-state index < -0.39 is 0 Å². The van der Waals surface area contributed by atoms with Crippen molar-refractivity contribution in [2.24, 2.45) is 0 Å². The zero-order valence-corrected chi connectivity index (χ0v) is 12.0. The van der Waals surface area contributed by atoms with Gasteiger partial charge in [-0.3, -0.25) is 0 Å². The normalized spacial score (nSPS) is 11.9. The van der Waals surface area contributed by atoms with Crippen LogP contribution < -0.4 is 10.1 Å². The summed E-state index contributed by atoms with van der Waals surface area (Å²) in [7, 11) is 0. The van der Waals surface area contributed by atoms with Crippen LogP contribution in [0.4, 0.5) is 5.69 Å². The molecule has 0 radical (unpaired) electrons. The molecule has 106 valence electrons. The lowest BCUT2D eigenvalue weighted by atomic mass is 10.1. The first-order valence-electron chi connectivity index (χ1n) is 6.97. The van der Waals surface area contributed by atoms with E-state index in [9.17, 15) is 5.11 Å². The molecule has 0 aliphatic carbocycles. The van der Waals surface area contributed by atoms with Crippen molar-refractivity contribution in [3.05, 3.63) is 54.1 Å². The highest BCUT2D eigenvalue weighted by Gasteiger charge is 2.06. The molecule has 1 unspecified atom stereocenters. The highest BCUT2D eigenvalue weighted by molar-refractivity contribution is 5.50. The highest BCUT2D eigenvalue weighted by Crippen LogP contribution is 2.24. The summed E-state index contributed by atoms with van der Waals surface area (Å²) in [4.78, 5) is 0. The molecule has 1 atom stereocenters. The predicted octanol–water partition coefficient (Wildman–Crippen LogP) is 4.35. The van der Waals surface area contributed by atoms with Gasteiger partial charge >= 0.3 is 0 Å². The number of aromatic hydroxyl groups is 1. The molecule has 3 nitrogen and oxygen atoms in total. The Balaban J connectivity index is 2.05. The molecule has 3 heteroatoms. The Morgan fingerprint density at radius 1 is 1.15 bits per heavy atom. The molecule has 2 rings (SSSR count). The van der Waals surface area contributed by atoms with Crippen molar-refractivity contribution in [2.75, 3.05) is 11.9 Å². The van der Waals surface area contributed by atoms with Crippen LogP contribution in [0.2, 0.25) is 0 Å². The van der Waals surface area contributed by atoms with Crippen LogP contribution in [0.15, 0.2) is 48.5 Å². The van der Waals surface area contributed by atoms with Gasteiger partial charge in [-0.05, 0) is 43.2 Å². The summed E-state index contributed by atoms with van der Waals surface area (Å²) in [6.45, 7) is 4.88. The highest BCUT2D eigenvalue weighted by atomic mass is 16.5. The van der Waals surface area contributed by atoms with Gasteiger partial charge in [0.1, 0.15) is 11.5 Å². The first-order valence-corrected chi connectivity index (χ1v) is 6.97. The average Bonchev–Trinajstić information content (AvgIpc) is 2.45.